The maximum atomic E-state index is 13.6. The highest BCUT2D eigenvalue weighted by Crippen LogP contribution is 2.24. The van der Waals surface area contributed by atoms with Crippen molar-refractivity contribution in [2.45, 2.75) is 12.3 Å². The second-order valence-electron chi connectivity index (χ2n) is 4.38. The van der Waals surface area contributed by atoms with Crippen LogP contribution in [0.5, 0.6) is 0 Å². The van der Waals surface area contributed by atoms with Crippen LogP contribution >= 0.6 is 0 Å². The third-order valence-corrected chi connectivity index (χ3v) is 3.01. The molecule has 0 fully saturated rings. The molecule has 2 rings (SSSR count). The third-order valence-electron chi connectivity index (χ3n) is 3.01. The summed E-state index contributed by atoms with van der Waals surface area (Å²) >= 11 is 0. The molecule has 2 aromatic rings. The molecule has 0 radical (unpaired) electrons. The average molecular weight is 290 g/mol. The molecule has 0 spiro atoms. The number of aliphatic carboxylic acids is 1. The molecule has 1 aromatic carbocycles. The van der Waals surface area contributed by atoms with Crippen LogP contribution < -0.4 is 0 Å². The number of rotatable bonds is 5. The van der Waals surface area contributed by atoms with Crippen molar-refractivity contribution in [1.29, 1.82) is 0 Å². The van der Waals surface area contributed by atoms with Gasteiger partial charge in [-0.2, -0.15) is 0 Å². The van der Waals surface area contributed by atoms with Gasteiger partial charge in [0, 0.05) is 18.3 Å². The van der Waals surface area contributed by atoms with Gasteiger partial charge >= 0.3 is 5.97 Å². The van der Waals surface area contributed by atoms with Crippen LogP contribution in [0.3, 0.4) is 0 Å². The number of pyridine rings is 1. The van der Waals surface area contributed by atoms with Gasteiger partial charge in [-0.3, -0.25) is 19.9 Å². The summed E-state index contributed by atoms with van der Waals surface area (Å²) in [5, 5.41) is 20.0. The minimum atomic E-state index is -1.22. The lowest BCUT2D eigenvalue weighted by atomic mass is 9.95. The van der Waals surface area contributed by atoms with E-state index in [0.29, 0.717) is 0 Å². The van der Waals surface area contributed by atoms with Gasteiger partial charge in [0.1, 0.15) is 11.7 Å². The summed E-state index contributed by atoms with van der Waals surface area (Å²) in [5.74, 6) is -2.89. The van der Waals surface area contributed by atoms with Crippen molar-refractivity contribution in [3.8, 4) is 0 Å². The first-order valence-electron chi connectivity index (χ1n) is 6.05. The number of nitrogens with zero attached hydrogens (tertiary/aromatic N) is 2. The molecule has 1 unspecified atom stereocenters. The van der Waals surface area contributed by atoms with E-state index >= 15 is 0 Å². The van der Waals surface area contributed by atoms with E-state index in [-0.39, 0.29) is 23.4 Å². The number of aromatic nitrogens is 1. The van der Waals surface area contributed by atoms with Crippen LogP contribution in [0.15, 0.2) is 42.6 Å². The second-order valence-corrected chi connectivity index (χ2v) is 4.38. The van der Waals surface area contributed by atoms with E-state index < -0.39 is 22.6 Å². The molecule has 108 valence electrons. The standard InChI is InChI=1S/C14H11FN2O4/c15-12-4-2-1-3-9(12)7-11(14(18)19)13-8-10(17(20)21)5-6-16-13/h1-6,8,11H,7H2,(H,18,19). The first-order valence-corrected chi connectivity index (χ1v) is 6.05. The third kappa shape index (κ3) is 3.38. The largest absolute Gasteiger partial charge is 0.481 e. The zero-order chi connectivity index (χ0) is 15.4. The first-order chi connectivity index (χ1) is 9.99. The van der Waals surface area contributed by atoms with Crippen molar-refractivity contribution in [3.05, 3.63) is 69.8 Å². The second kappa shape index (κ2) is 6.08. The summed E-state index contributed by atoms with van der Waals surface area (Å²) in [4.78, 5) is 25.3. The molecular weight excluding hydrogens is 279 g/mol. The molecule has 1 N–H and O–H groups in total. The zero-order valence-electron chi connectivity index (χ0n) is 10.8. The molecule has 0 aliphatic carbocycles. The van der Waals surface area contributed by atoms with Crippen molar-refractivity contribution < 1.29 is 19.2 Å². The number of halogens is 1. The maximum absolute atomic E-state index is 13.6. The number of carboxylic acids is 1. The van der Waals surface area contributed by atoms with E-state index in [0.717, 1.165) is 6.07 Å². The van der Waals surface area contributed by atoms with Gasteiger partial charge in [0.2, 0.25) is 0 Å². The van der Waals surface area contributed by atoms with Crippen molar-refractivity contribution in [2.24, 2.45) is 0 Å². The summed E-state index contributed by atoms with van der Waals surface area (Å²) in [7, 11) is 0. The summed E-state index contributed by atoms with van der Waals surface area (Å²) in [6.07, 6.45) is 1.04. The number of nitro groups is 1. The number of hydrogen-bond donors (Lipinski definition) is 1. The van der Waals surface area contributed by atoms with E-state index in [9.17, 15) is 24.4 Å². The Morgan fingerprint density at radius 2 is 2.10 bits per heavy atom. The van der Waals surface area contributed by atoms with Gasteiger partial charge in [0.05, 0.1) is 10.6 Å². The smallest absolute Gasteiger partial charge is 0.312 e. The Hall–Kier alpha value is -2.83. The molecule has 1 atom stereocenters. The van der Waals surface area contributed by atoms with Crippen molar-refractivity contribution in [3.63, 3.8) is 0 Å². The number of carboxylic acid groups (broad SMARTS) is 1. The maximum Gasteiger partial charge on any atom is 0.312 e. The summed E-state index contributed by atoms with van der Waals surface area (Å²) < 4.78 is 13.6. The number of benzene rings is 1. The van der Waals surface area contributed by atoms with Gasteiger partial charge in [-0.1, -0.05) is 18.2 Å². The molecular formula is C14H11FN2O4. The van der Waals surface area contributed by atoms with Gasteiger partial charge in [-0.15, -0.1) is 0 Å². The number of hydrogen-bond acceptors (Lipinski definition) is 4. The Balaban J connectivity index is 2.36. The summed E-state index contributed by atoms with van der Waals surface area (Å²) in [6.45, 7) is 0. The average Bonchev–Trinajstić information content (AvgIpc) is 2.46. The van der Waals surface area contributed by atoms with Crippen LogP contribution in [0, 0.1) is 15.9 Å². The van der Waals surface area contributed by atoms with Crippen LogP contribution in [0.4, 0.5) is 10.1 Å². The van der Waals surface area contributed by atoms with Gasteiger partial charge in [0.15, 0.2) is 0 Å². The van der Waals surface area contributed by atoms with Crippen molar-refractivity contribution in [1.82, 2.24) is 4.98 Å². The Bertz CT molecular complexity index is 690. The van der Waals surface area contributed by atoms with Crippen LogP contribution in [0.1, 0.15) is 17.2 Å². The monoisotopic (exact) mass is 290 g/mol. The van der Waals surface area contributed by atoms with Crippen LogP contribution in [-0.2, 0) is 11.2 Å². The molecule has 6 nitrogen and oxygen atoms in total. The fourth-order valence-electron chi connectivity index (χ4n) is 1.94. The molecule has 21 heavy (non-hydrogen) atoms. The topological polar surface area (TPSA) is 93.3 Å². The van der Waals surface area contributed by atoms with E-state index in [1.807, 2.05) is 0 Å². The van der Waals surface area contributed by atoms with Gasteiger partial charge < -0.3 is 5.11 Å². The minimum absolute atomic E-state index is 0.0277. The van der Waals surface area contributed by atoms with E-state index in [1.54, 1.807) is 6.07 Å². The van der Waals surface area contributed by atoms with Gasteiger partial charge in [0.25, 0.3) is 5.69 Å². The SMILES string of the molecule is O=C(O)C(Cc1ccccc1F)c1cc([N+](=O)[O-])ccn1. The molecule has 0 aliphatic rings. The normalized spacial score (nSPS) is 11.9. The van der Waals surface area contributed by atoms with Crippen LogP contribution in [0.2, 0.25) is 0 Å². The predicted molar refractivity (Wildman–Crippen MR) is 71.4 cm³/mol. The van der Waals surface area contributed by atoms with E-state index in [2.05, 4.69) is 4.98 Å². The van der Waals surface area contributed by atoms with Gasteiger partial charge in [-0.25, -0.2) is 4.39 Å². The highest BCUT2D eigenvalue weighted by atomic mass is 19.1. The Morgan fingerprint density at radius 3 is 2.71 bits per heavy atom. The Kier molecular flexibility index (Phi) is 4.22. The van der Waals surface area contributed by atoms with E-state index in [1.165, 1.54) is 30.5 Å². The summed E-state index contributed by atoms with van der Waals surface area (Å²) in [5.41, 5.74) is -0.00190. The first kappa shape index (κ1) is 14.6. The lowest BCUT2D eigenvalue weighted by Crippen LogP contribution is -2.16. The van der Waals surface area contributed by atoms with E-state index in [4.69, 9.17) is 0 Å². The minimum Gasteiger partial charge on any atom is -0.481 e. The van der Waals surface area contributed by atoms with Crippen LogP contribution in [0.25, 0.3) is 0 Å². The molecule has 0 amide bonds. The molecule has 0 saturated carbocycles. The Morgan fingerprint density at radius 1 is 1.38 bits per heavy atom. The Labute approximate surface area is 119 Å². The van der Waals surface area contributed by atoms with Crippen LogP contribution in [-0.4, -0.2) is 21.0 Å². The fourth-order valence-corrected chi connectivity index (χ4v) is 1.94. The molecule has 7 heteroatoms. The van der Waals surface area contributed by atoms with Crippen molar-refractivity contribution >= 4 is 11.7 Å². The highest BCUT2D eigenvalue weighted by Gasteiger charge is 2.24. The van der Waals surface area contributed by atoms with Crippen molar-refractivity contribution in [2.75, 3.05) is 0 Å². The lowest BCUT2D eigenvalue weighted by Gasteiger charge is -2.12. The quantitative estimate of drug-likeness (QED) is 0.674. The summed E-state index contributed by atoms with van der Waals surface area (Å²) in [6, 6.07) is 8.07. The molecule has 0 aliphatic heterocycles. The highest BCUT2D eigenvalue weighted by molar-refractivity contribution is 5.76. The molecule has 1 aromatic heterocycles. The fraction of sp³-hybridized carbons (Fsp3) is 0.143. The molecule has 0 saturated heterocycles. The lowest BCUT2D eigenvalue weighted by molar-refractivity contribution is -0.385. The van der Waals surface area contributed by atoms with Gasteiger partial charge in [-0.05, 0) is 18.1 Å². The predicted octanol–water partition coefficient (Wildman–Crippen LogP) is 2.54. The number of carbonyl (C=O) groups is 1. The molecule has 0 bridgehead atoms. The molecule has 1 heterocycles. The zero-order valence-corrected chi connectivity index (χ0v) is 10.8.